The molecule has 0 saturated carbocycles. The molecule has 2 N–H and O–H groups in total. The first-order chi connectivity index (χ1) is 8.33. The van der Waals surface area contributed by atoms with Crippen LogP contribution >= 0.6 is 11.3 Å². The fraction of sp³-hybridized carbons (Fsp3) is 0.111. The quantitative estimate of drug-likeness (QED) is 0.704. The van der Waals surface area contributed by atoms with Gasteiger partial charge in [0.05, 0.1) is 6.54 Å². The molecule has 0 aromatic carbocycles. The van der Waals surface area contributed by atoms with Crippen LogP contribution in [-0.2, 0) is 6.54 Å². The van der Waals surface area contributed by atoms with E-state index in [2.05, 4.69) is 25.5 Å². The first kappa shape index (κ1) is 9.97. The monoisotopic (exact) mass is 248 g/mol. The number of hydrogen-bond donors (Lipinski definition) is 2. The number of nitrogens with one attached hydrogen (secondary N) is 2. The summed E-state index contributed by atoms with van der Waals surface area (Å²) in [6.07, 6.45) is 3.19. The average Bonchev–Trinajstić information content (AvgIpc) is 2.97. The first-order valence-electron chi connectivity index (χ1n) is 4.88. The summed E-state index contributed by atoms with van der Waals surface area (Å²) in [6.45, 7) is 0.607. The van der Waals surface area contributed by atoms with Crippen molar-refractivity contribution < 1.29 is 0 Å². The maximum Gasteiger partial charge on any atom is 0.348 e. The predicted molar refractivity (Wildman–Crippen MR) is 63.0 cm³/mol. The molecule has 0 radical (unpaired) electrons. The lowest BCUT2D eigenvalue weighted by Gasteiger charge is -2.02. The Morgan fingerprint density at radius 3 is 3.24 bits per heavy atom. The van der Waals surface area contributed by atoms with Crippen molar-refractivity contribution in [2.75, 3.05) is 5.32 Å². The molecule has 8 heteroatoms. The number of fused-ring (bicyclic) bond motifs is 1. The third-order valence-corrected chi connectivity index (χ3v) is 2.99. The Balaban J connectivity index is 1.83. The minimum absolute atomic E-state index is 0.293. The number of H-pyrrole nitrogens is 1. The summed E-state index contributed by atoms with van der Waals surface area (Å²) in [5.74, 6) is 0.659. The summed E-state index contributed by atoms with van der Waals surface area (Å²) in [7, 11) is 0. The van der Waals surface area contributed by atoms with Gasteiger partial charge in [-0.25, -0.2) is 24.3 Å². The standard InChI is InChI=1S/C9H8N6OS/c16-9-14-13-7-3-6(12-5-15(7)9)11-4-8-10-1-2-17-8/h1-3,5,11H,4H2,(H,14,16). The highest BCUT2D eigenvalue weighted by atomic mass is 32.1. The maximum atomic E-state index is 11.2. The third-order valence-electron chi connectivity index (χ3n) is 2.21. The number of aromatic nitrogens is 5. The van der Waals surface area contributed by atoms with E-state index in [-0.39, 0.29) is 5.69 Å². The lowest BCUT2D eigenvalue weighted by Crippen LogP contribution is -2.10. The first-order valence-corrected chi connectivity index (χ1v) is 5.76. The highest BCUT2D eigenvalue weighted by Gasteiger charge is 2.02. The van der Waals surface area contributed by atoms with Gasteiger partial charge in [-0.2, -0.15) is 5.10 Å². The molecule has 7 nitrogen and oxygen atoms in total. The molecule has 3 rings (SSSR count). The van der Waals surface area contributed by atoms with Gasteiger partial charge in [0.2, 0.25) is 0 Å². The van der Waals surface area contributed by atoms with Crippen LogP contribution in [-0.4, -0.2) is 24.6 Å². The summed E-state index contributed by atoms with van der Waals surface area (Å²) in [5, 5.41) is 12.2. The van der Waals surface area contributed by atoms with E-state index in [1.54, 1.807) is 23.6 Å². The van der Waals surface area contributed by atoms with Crippen molar-refractivity contribution in [3.8, 4) is 0 Å². The van der Waals surface area contributed by atoms with E-state index in [4.69, 9.17) is 0 Å². The molecule has 3 heterocycles. The Labute approximate surface area is 99.2 Å². The molecule has 17 heavy (non-hydrogen) atoms. The molecule has 0 saturated heterocycles. The second-order valence-corrected chi connectivity index (χ2v) is 4.29. The summed E-state index contributed by atoms with van der Waals surface area (Å²) in [4.78, 5) is 19.5. The van der Waals surface area contributed by atoms with E-state index in [0.29, 0.717) is 18.0 Å². The highest BCUT2D eigenvalue weighted by molar-refractivity contribution is 7.09. The zero-order valence-electron chi connectivity index (χ0n) is 8.62. The van der Waals surface area contributed by atoms with Crippen LogP contribution in [0.1, 0.15) is 5.01 Å². The van der Waals surface area contributed by atoms with E-state index in [9.17, 15) is 4.79 Å². The molecule has 86 valence electrons. The molecule has 0 aliphatic rings. The number of aromatic amines is 1. The normalized spacial score (nSPS) is 10.8. The Kier molecular flexibility index (Phi) is 2.33. The van der Waals surface area contributed by atoms with Crippen molar-refractivity contribution in [3.63, 3.8) is 0 Å². The number of rotatable bonds is 3. The Morgan fingerprint density at radius 1 is 1.47 bits per heavy atom. The second kappa shape index (κ2) is 3.98. The highest BCUT2D eigenvalue weighted by Crippen LogP contribution is 2.09. The topological polar surface area (TPSA) is 88.0 Å². The summed E-state index contributed by atoms with van der Waals surface area (Å²) in [5.41, 5.74) is 0.241. The van der Waals surface area contributed by atoms with Crippen LogP contribution in [0.3, 0.4) is 0 Å². The molecule has 0 unspecified atom stereocenters. The predicted octanol–water partition coefficient (Wildman–Crippen LogP) is 0.486. The minimum atomic E-state index is -0.293. The van der Waals surface area contributed by atoms with Gasteiger partial charge in [-0.3, -0.25) is 0 Å². The van der Waals surface area contributed by atoms with E-state index in [0.717, 1.165) is 5.01 Å². The van der Waals surface area contributed by atoms with E-state index >= 15 is 0 Å². The Bertz CT molecular complexity index is 685. The van der Waals surface area contributed by atoms with Crippen LogP contribution in [0.15, 0.2) is 28.8 Å². The van der Waals surface area contributed by atoms with Crippen LogP contribution in [0.25, 0.3) is 5.65 Å². The van der Waals surface area contributed by atoms with Gasteiger partial charge in [-0.1, -0.05) is 0 Å². The Morgan fingerprint density at radius 2 is 2.41 bits per heavy atom. The minimum Gasteiger partial charge on any atom is -0.363 e. The molecular formula is C9H8N6OS. The number of thiazole rings is 1. The number of nitrogens with zero attached hydrogens (tertiary/aromatic N) is 4. The fourth-order valence-corrected chi connectivity index (χ4v) is 1.97. The van der Waals surface area contributed by atoms with Crippen molar-refractivity contribution in [3.05, 3.63) is 39.5 Å². The third kappa shape index (κ3) is 1.89. The molecule has 0 atom stereocenters. The van der Waals surface area contributed by atoms with Crippen molar-refractivity contribution in [2.24, 2.45) is 0 Å². The van der Waals surface area contributed by atoms with Crippen LogP contribution in [0, 0.1) is 0 Å². The van der Waals surface area contributed by atoms with Crippen LogP contribution in [0.5, 0.6) is 0 Å². The molecule has 0 aliphatic carbocycles. The van der Waals surface area contributed by atoms with E-state index < -0.39 is 0 Å². The summed E-state index contributed by atoms with van der Waals surface area (Å²) in [6, 6.07) is 1.70. The zero-order valence-corrected chi connectivity index (χ0v) is 9.44. The van der Waals surface area contributed by atoms with Crippen LogP contribution in [0.4, 0.5) is 5.82 Å². The smallest absolute Gasteiger partial charge is 0.348 e. The van der Waals surface area contributed by atoms with Gasteiger partial charge < -0.3 is 5.32 Å². The molecule has 0 bridgehead atoms. The van der Waals surface area contributed by atoms with Gasteiger partial charge in [-0.15, -0.1) is 11.3 Å². The molecule has 3 aromatic heterocycles. The van der Waals surface area contributed by atoms with Crippen molar-refractivity contribution in [1.82, 2.24) is 24.6 Å². The van der Waals surface area contributed by atoms with Crippen LogP contribution in [0.2, 0.25) is 0 Å². The lowest BCUT2D eigenvalue weighted by molar-refractivity contribution is 0.989. The van der Waals surface area contributed by atoms with Crippen molar-refractivity contribution in [2.45, 2.75) is 6.54 Å². The number of hydrogen-bond acceptors (Lipinski definition) is 6. The fourth-order valence-electron chi connectivity index (χ4n) is 1.41. The van der Waals surface area contributed by atoms with Gasteiger partial charge in [0.1, 0.15) is 17.2 Å². The molecule has 0 fully saturated rings. The van der Waals surface area contributed by atoms with Crippen molar-refractivity contribution in [1.29, 1.82) is 0 Å². The van der Waals surface area contributed by atoms with Gasteiger partial charge in [0.15, 0.2) is 5.65 Å². The second-order valence-electron chi connectivity index (χ2n) is 3.31. The largest absolute Gasteiger partial charge is 0.363 e. The average molecular weight is 248 g/mol. The zero-order chi connectivity index (χ0) is 11.7. The summed E-state index contributed by atoms with van der Waals surface area (Å²) < 4.78 is 1.34. The molecule has 0 amide bonds. The molecular weight excluding hydrogens is 240 g/mol. The van der Waals surface area contributed by atoms with Crippen LogP contribution < -0.4 is 11.0 Å². The SMILES string of the molecule is O=c1[nH]nc2cc(NCc3nccs3)ncn12. The van der Waals surface area contributed by atoms with E-state index in [1.165, 1.54) is 10.7 Å². The van der Waals surface area contributed by atoms with E-state index in [1.807, 2.05) is 5.38 Å². The maximum absolute atomic E-state index is 11.2. The molecule has 0 spiro atoms. The molecule has 3 aromatic rings. The van der Waals surface area contributed by atoms with Gasteiger partial charge in [0, 0.05) is 17.6 Å². The lowest BCUT2D eigenvalue weighted by atomic mass is 10.5. The number of anilines is 1. The van der Waals surface area contributed by atoms with Gasteiger partial charge >= 0.3 is 5.69 Å². The van der Waals surface area contributed by atoms with Crippen molar-refractivity contribution >= 4 is 22.8 Å². The summed E-state index contributed by atoms with van der Waals surface area (Å²) >= 11 is 1.57. The van der Waals surface area contributed by atoms with Gasteiger partial charge in [0.25, 0.3) is 0 Å². The van der Waals surface area contributed by atoms with Gasteiger partial charge in [-0.05, 0) is 0 Å². The Hall–Kier alpha value is -2.22. The molecule has 0 aliphatic heterocycles.